The third kappa shape index (κ3) is 4.81. The predicted molar refractivity (Wildman–Crippen MR) is 110 cm³/mol. The number of halogens is 3. The van der Waals surface area contributed by atoms with Crippen LogP contribution in [0.1, 0.15) is 5.56 Å². The van der Waals surface area contributed by atoms with Crippen molar-refractivity contribution in [1.82, 2.24) is 0 Å². The molecule has 3 nitrogen and oxygen atoms in total. The van der Waals surface area contributed by atoms with Gasteiger partial charge in [-0.2, -0.15) is 0 Å². The molecule has 0 aliphatic rings. The lowest BCUT2D eigenvalue weighted by atomic mass is 10.2. The van der Waals surface area contributed by atoms with E-state index in [2.05, 4.69) is 27.6 Å². The summed E-state index contributed by atoms with van der Waals surface area (Å²) in [7, 11) is 1.86. The fraction of sp³-hybridized carbons (Fsp3) is 0.0667. The second-order valence-corrected chi connectivity index (χ2v) is 6.23. The van der Waals surface area contributed by atoms with Crippen LogP contribution in [0.15, 0.2) is 47.5 Å². The first-order valence-electron chi connectivity index (χ1n) is 6.09. The van der Waals surface area contributed by atoms with Crippen LogP contribution >= 0.6 is 58.8 Å². The fourth-order valence-electron chi connectivity index (χ4n) is 1.70. The van der Waals surface area contributed by atoms with Gasteiger partial charge in [-0.15, -0.1) is 12.4 Å². The predicted octanol–water partition coefficient (Wildman–Crippen LogP) is 4.80. The van der Waals surface area contributed by atoms with Crippen LogP contribution < -0.4 is 10.6 Å². The highest BCUT2D eigenvalue weighted by Gasteiger charge is 2.07. The molecule has 0 atom stereocenters. The smallest absolute Gasteiger partial charge is 0.200 e. The molecule has 2 rings (SSSR count). The highest BCUT2D eigenvalue weighted by Crippen LogP contribution is 2.26. The van der Waals surface area contributed by atoms with Crippen molar-refractivity contribution in [2.45, 2.75) is 0 Å². The van der Waals surface area contributed by atoms with Crippen LogP contribution in [0.5, 0.6) is 0 Å². The van der Waals surface area contributed by atoms with Gasteiger partial charge >= 0.3 is 0 Å². The Balaban J connectivity index is 0.00000242. The van der Waals surface area contributed by atoms with E-state index in [0.29, 0.717) is 16.7 Å². The van der Waals surface area contributed by atoms with Crippen molar-refractivity contribution in [1.29, 1.82) is 0 Å². The fourth-order valence-corrected chi connectivity index (χ4v) is 2.54. The van der Waals surface area contributed by atoms with Gasteiger partial charge in [0.2, 0.25) is 5.96 Å². The Hall–Kier alpha value is -0.890. The maximum absolute atomic E-state index is 6.14. The number of nitrogens with zero attached hydrogens (tertiary/aromatic N) is 2. The lowest BCUT2D eigenvalue weighted by Gasteiger charge is -2.18. The zero-order chi connectivity index (χ0) is 15.4. The van der Waals surface area contributed by atoms with Gasteiger partial charge in [-0.1, -0.05) is 36.0 Å². The largest absolute Gasteiger partial charge is 0.369 e. The molecule has 2 aromatic carbocycles. The molecule has 0 fully saturated rings. The van der Waals surface area contributed by atoms with Crippen molar-refractivity contribution in [2.24, 2.45) is 10.7 Å². The van der Waals surface area contributed by atoms with Crippen LogP contribution in [-0.2, 0) is 0 Å². The summed E-state index contributed by atoms with van der Waals surface area (Å²) in [6, 6.07) is 13.4. The maximum atomic E-state index is 6.14. The summed E-state index contributed by atoms with van der Waals surface area (Å²) in [5, 5.41) is 2.11. The molecule has 22 heavy (non-hydrogen) atoms. The zero-order valence-electron chi connectivity index (χ0n) is 11.7. The Morgan fingerprint density at radius 2 is 2.05 bits per heavy atom. The van der Waals surface area contributed by atoms with Crippen LogP contribution in [0.3, 0.4) is 0 Å². The monoisotopic (exact) mass is 465 g/mol. The van der Waals surface area contributed by atoms with E-state index in [1.165, 1.54) is 0 Å². The number of nitrogens with two attached hydrogens (primary N) is 1. The van der Waals surface area contributed by atoms with E-state index in [-0.39, 0.29) is 12.4 Å². The number of guanidine groups is 1. The first-order valence-corrected chi connectivity index (χ1v) is 8.02. The van der Waals surface area contributed by atoms with Crippen molar-refractivity contribution in [3.05, 3.63) is 56.6 Å². The molecule has 0 saturated heterocycles. The van der Waals surface area contributed by atoms with Gasteiger partial charge in [-0.25, -0.2) is 4.99 Å². The van der Waals surface area contributed by atoms with Crippen molar-refractivity contribution in [3.63, 3.8) is 0 Å². The van der Waals surface area contributed by atoms with Crippen LogP contribution in [0.2, 0.25) is 5.02 Å². The molecule has 0 bridgehead atoms. The van der Waals surface area contributed by atoms with Gasteiger partial charge in [0.05, 0.1) is 10.7 Å². The third-order valence-corrected chi connectivity index (χ3v) is 4.14. The summed E-state index contributed by atoms with van der Waals surface area (Å²) in [5.41, 5.74) is 8.51. The molecule has 0 radical (unpaired) electrons. The molecule has 0 saturated carbocycles. The van der Waals surface area contributed by atoms with Gasteiger partial charge in [0.15, 0.2) is 0 Å². The van der Waals surface area contributed by atoms with E-state index >= 15 is 0 Å². The molecular formula is C15H14Cl2IN3S. The quantitative estimate of drug-likeness (QED) is 0.306. The first-order chi connectivity index (χ1) is 10.0. The zero-order valence-corrected chi connectivity index (χ0v) is 16.2. The Bertz CT molecular complexity index is 707. The number of aliphatic imine (C=N–C) groups is 1. The minimum absolute atomic E-state index is 0. The SMILES string of the molecule is CN(C(N)=Nc1cc(C=S)ccc1Cl)c1cccc(I)c1.Cl. The van der Waals surface area contributed by atoms with E-state index in [9.17, 15) is 0 Å². The van der Waals surface area contributed by atoms with Crippen molar-refractivity contribution in [2.75, 3.05) is 11.9 Å². The van der Waals surface area contributed by atoms with Gasteiger partial charge in [0.25, 0.3) is 0 Å². The molecule has 0 aliphatic heterocycles. The lowest BCUT2D eigenvalue weighted by molar-refractivity contribution is 1.22. The minimum Gasteiger partial charge on any atom is -0.369 e. The topological polar surface area (TPSA) is 41.6 Å². The Morgan fingerprint density at radius 1 is 1.32 bits per heavy atom. The Kier molecular flexibility index (Phi) is 7.55. The Labute approximate surface area is 160 Å². The molecule has 2 aromatic rings. The van der Waals surface area contributed by atoms with Crippen LogP contribution in [0, 0.1) is 3.57 Å². The molecule has 0 amide bonds. The average Bonchev–Trinajstić information content (AvgIpc) is 2.48. The number of rotatable bonds is 3. The normalized spacial score (nSPS) is 10.8. The Morgan fingerprint density at radius 3 is 2.68 bits per heavy atom. The van der Waals surface area contributed by atoms with E-state index in [0.717, 1.165) is 14.8 Å². The van der Waals surface area contributed by atoms with E-state index in [1.54, 1.807) is 11.4 Å². The van der Waals surface area contributed by atoms with E-state index in [1.807, 2.05) is 48.3 Å². The molecule has 7 heteroatoms. The molecule has 116 valence electrons. The molecule has 0 heterocycles. The molecule has 0 unspecified atom stereocenters. The molecule has 0 aliphatic carbocycles. The second-order valence-electron chi connectivity index (χ2n) is 4.34. The van der Waals surface area contributed by atoms with Gasteiger partial charge < -0.3 is 10.6 Å². The van der Waals surface area contributed by atoms with Gasteiger partial charge in [-0.05, 0) is 58.5 Å². The van der Waals surface area contributed by atoms with Gasteiger partial charge in [-0.3, -0.25) is 0 Å². The van der Waals surface area contributed by atoms with Gasteiger partial charge in [0, 0.05) is 21.7 Å². The molecule has 0 spiro atoms. The maximum Gasteiger partial charge on any atom is 0.200 e. The van der Waals surface area contributed by atoms with Gasteiger partial charge in [0.1, 0.15) is 0 Å². The van der Waals surface area contributed by atoms with Crippen molar-refractivity contribution in [3.8, 4) is 0 Å². The average molecular weight is 466 g/mol. The summed E-state index contributed by atoms with van der Waals surface area (Å²) in [5.74, 6) is 0.361. The minimum atomic E-state index is 0. The molecule has 0 aromatic heterocycles. The highest BCUT2D eigenvalue weighted by atomic mass is 127. The lowest BCUT2D eigenvalue weighted by Crippen LogP contribution is -2.33. The van der Waals surface area contributed by atoms with E-state index < -0.39 is 0 Å². The summed E-state index contributed by atoms with van der Waals surface area (Å²) in [6.07, 6.45) is 0. The van der Waals surface area contributed by atoms with Crippen molar-refractivity contribution < 1.29 is 0 Å². The number of thiocarbonyl (C=S) groups is 1. The van der Waals surface area contributed by atoms with Crippen LogP contribution in [-0.4, -0.2) is 18.4 Å². The summed E-state index contributed by atoms with van der Waals surface area (Å²) in [6.45, 7) is 0. The summed E-state index contributed by atoms with van der Waals surface area (Å²) >= 11 is 13.3. The number of benzene rings is 2. The summed E-state index contributed by atoms with van der Waals surface area (Å²) < 4.78 is 1.13. The van der Waals surface area contributed by atoms with E-state index in [4.69, 9.17) is 29.6 Å². The number of hydrogen-bond acceptors (Lipinski definition) is 2. The number of anilines is 1. The molecule has 2 N–H and O–H groups in total. The van der Waals surface area contributed by atoms with Crippen molar-refractivity contribution >= 4 is 81.5 Å². The standard InChI is InChI=1S/C15H13ClIN3S.ClH/c1-20(12-4-2-3-11(17)8-12)15(18)19-14-7-10(9-21)5-6-13(14)16;/h2-9H,1H3,(H2,18,19);1H. The summed E-state index contributed by atoms with van der Waals surface area (Å²) in [4.78, 5) is 6.20. The molecular weight excluding hydrogens is 452 g/mol. The highest BCUT2D eigenvalue weighted by molar-refractivity contribution is 14.1. The first kappa shape index (κ1) is 19.2. The number of hydrogen-bond donors (Lipinski definition) is 1. The third-order valence-electron chi connectivity index (χ3n) is 2.88. The second kappa shape index (κ2) is 8.67. The van der Waals surface area contributed by atoms with Crippen LogP contribution in [0.4, 0.5) is 11.4 Å². The van der Waals surface area contributed by atoms with Crippen LogP contribution in [0.25, 0.3) is 0 Å².